The van der Waals surface area contributed by atoms with Gasteiger partial charge in [0.2, 0.25) is 11.8 Å². The summed E-state index contributed by atoms with van der Waals surface area (Å²) >= 11 is 0. The van der Waals surface area contributed by atoms with Crippen LogP contribution in [0.25, 0.3) is 0 Å². The Balaban J connectivity index is 1.43. The Labute approximate surface area is 160 Å². The predicted octanol–water partition coefficient (Wildman–Crippen LogP) is 1.21. The third kappa shape index (κ3) is 5.68. The van der Waals surface area contributed by atoms with E-state index in [9.17, 15) is 9.59 Å². The van der Waals surface area contributed by atoms with Crippen LogP contribution in [0.5, 0.6) is 5.75 Å². The van der Waals surface area contributed by atoms with E-state index in [1.54, 1.807) is 7.11 Å². The second kappa shape index (κ2) is 9.71. The lowest BCUT2D eigenvalue weighted by atomic mass is 9.98. The third-order valence-corrected chi connectivity index (χ3v) is 5.29. The molecule has 2 aliphatic rings. The molecule has 27 heavy (non-hydrogen) atoms. The number of amides is 2. The Morgan fingerprint density at radius 3 is 2.89 bits per heavy atom. The highest BCUT2D eigenvalue weighted by molar-refractivity contribution is 5.93. The number of rotatable bonds is 7. The molecule has 7 nitrogen and oxygen atoms in total. The highest BCUT2D eigenvalue weighted by atomic mass is 16.5. The minimum absolute atomic E-state index is 0.0312. The van der Waals surface area contributed by atoms with Gasteiger partial charge in [-0.3, -0.25) is 14.5 Å². The van der Waals surface area contributed by atoms with Crippen molar-refractivity contribution in [1.29, 1.82) is 0 Å². The second-order valence-corrected chi connectivity index (χ2v) is 7.39. The van der Waals surface area contributed by atoms with Crippen molar-refractivity contribution in [2.24, 2.45) is 5.92 Å². The summed E-state index contributed by atoms with van der Waals surface area (Å²) in [5, 5.41) is 9.23. The van der Waals surface area contributed by atoms with Gasteiger partial charge in [-0.15, -0.1) is 0 Å². The van der Waals surface area contributed by atoms with Gasteiger partial charge in [-0.2, -0.15) is 0 Å². The molecule has 0 spiro atoms. The topological polar surface area (TPSA) is 82.7 Å². The normalized spacial score (nSPS) is 23.0. The highest BCUT2D eigenvalue weighted by Crippen LogP contribution is 2.23. The summed E-state index contributed by atoms with van der Waals surface area (Å²) in [6.45, 7) is 3.70. The minimum Gasteiger partial charge on any atom is -0.495 e. The van der Waals surface area contributed by atoms with Crippen molar-refractivity contribution in [1.82, 2.24) is 15.5 Å². The molecule has 2 saturated heterocycles. The SMILES string of the molecule is COc1ccccc1NC(=O)CN1CCCC(CNC(=O)C2CCCN2)C1. The van der Waals surface area contributed by atoms with E-state index < -0.39 is 0 Å². The summed E-state index contributed by atoms with van der Waals surface area (Å²) in [4.78, 5) is 26.7. The fourth-order valence-corrected chi connectivity index (χ4v) is 3.88. The van der Waals surface area contributed by atoms with Crippen molar-refractivity contribution in [2.45, 2.75) is 31.7 Å². The number of likely N-dealkylation sites (tertiary alicyclic amines) is 1. The molecule has 148 valence electrons. The van der Waals surface area contributed by atoms with E-state index in [4.69, 9.17) is 4.74 Å². The van der Waals surface area contributed by atoms with Crippen LogP contribution in [0.3, 0.4) is 0 Å². The predicted molar refractivity (Wildman–Crippen MR) is 105 cm³/mol. The minimum atomic E-state index is -0.0423. The molecule has 2 unspecified atom stereocenters. The molecule has 7 heteroatoms. The van der Waals surface area contributed by atoms with E-state index in [-0.39, 0.29) is 17.9 Å². The molecule has 3 N–H and O–H groups in total. The Morgan fingerprint density at radius 2 is 2.11 bits per heavy atom. The van der Waals surface area contributed by atoms with Gasteiger partial charge in [0, 0.05) is 13.1 Å². The number of methoxy groups -OCH3 is 1. The van der Waals surface area contributed by atoms with Crippen molar-refractivity contribution < 1.29 is 14.3 Å². The van der Waals surface area contributed by atoms with Crippen LogP contribution in [0, 0.1) is 5.92 Å². The van der Waals surface area contributed by atoms with Crippen LogP contribution in [0.2, 0.25) is 0 Å². The van der Waals surface area contributed by atoms with Gasteiger partial charge >= 0.3 is 0 Å². The lowest BCUT2D eigenvalue weighted by Crippen LogP contribution is -2.46. The lowest BCUT2D eigenvalue weighted by Gasteiger charge is -2.32. The molecule has 0 radical (unpaired) electrons. The standard InChI is InChI=1S/C20H30N4O3/c1-27-18-9-3-2-7-16(18)23-19(25)14-24-11-5-6-15(13-24)12-22-20(26)17-8-4-10-21-17/h2-3,7,9,15,17,21H,4-6,8,10-14H2,1H3,(H,22,26)(H,23,25). The smallest absolute Gasteiger partial charge is 0.238 e. The van der Waals surface area contributed by atoms with E-state index >= 15 is 0 Å². The fourth-order valence-electron chi connectivity index (χ4n) is 3.88. The van der Waals surface area contributed by atoms with E-state index in [0.29, 0.717) is 30.4 Å². The molecule has 1 aromatic carbocycles. The van der Waals surface area contributed by atoms with E-state index in [1.165, 1.54) is 0 Å². The molecule has 1 aromatic rings. The van der Waals surface area contributed by atoms with Gasteiger partial charge in [-0.25, -0.2) is 0 Å². The van der Waals surface area contributed by atoms with Gasteiger partial charge < -0.3 is 20.7 Å². The van der Waals surface area contributed by atoms with E-state index in [2.05, 4.69) is 20.9 Å². The maximum atomic E-state index is 12.4. The largest absolute Gasteiger partial charge is 0.495 e. The molecule has 0 aromatic heterocycles. The number of nitrogens with zero attached hydrogens (tertiary/aromatic N) is 1. The van der Waals surface area contributed by atoms with Crippen LogP contribution in [0.15, 0.2) is 24.3 Å². The van der Waals surface area contributed by atoms with E-state index in [1.807, 2.05) is 24.3 Å². The first-order valence-electron chi connectivity index (χ1n) is 9.82. The Morgan fingerprint density at radius 1 is 1.26 bits per heavy atom. The number of hydrogen-bond acceptors (Lipinski definition) is 5. The Hall–Kier alpha value is -2.12. The molecule has 3 rings (SSSR count). The zero-order valence-corrected chi connectivity index (χ0v) is 16.0. The van der Waals surface area contributed by atoms with Gasteiger partial charge in [0.1, 0.15) is 5.75 Å². The van der Waals surface area contributed by atoms with Crippen LogP contribution in [0.1, 0.15) is 25.7 Å². The number of nitrogens with one attached hydrogen (secondary N) is 3. The average Bonchev–Trinajstić information content (AvgIpc) is 3.22. The van der Waals surface area contributed by atoms with Crippen LogP contribution >= 0.6 is 0 Å². The van der Waals surface area contributed by atoms with Gasteiger partial charge in [0.05, 0.1) is 25.4 Å². The number of anilines is 1. The number of ether oxygens (including phenoxy) is 1. The van der Waals surface area contributed by atoms with Crippen LogP contribution in [-0.4, -0.2) is 62.6 Å². The van der Waals surface area contributed by atoms with Crippen molar-refractivity contribution in [3.8, 4) is 5.75 Å². The summed E-state index contributed by atoms with van der Waals surface area (Å²) < 4.78 is 5.28. The molecular weight excluding hydrogens is 344 g/mol. The summed E-state index contributed by atoms with van der Waals surface area (Å²) in [7, 11) is 1.59. The van der Waals surface area contributed by atoms with Gasteiger partial charge in [-0.1, -0.05) is 12.1 Å². The molecular formula is C20H30N4O3. The van der Waals surface area contributed by atoms with Crippen molar-refractivity contribution in [3.05, 3.63) is 24.3 Å². The molecule has 2 heterocycles. The molecule has 0 bridgehead atoms. The van der Waals surface area contributed by atoms with Crippen LogP contribution in [0.4, 0.5) is 5.69 Å². The number of piperidine rings is 1. The van der Waals surface area contributed by atoms with E-state index in [0.717, 1.165) is 45.3 Å². The summed E-state index contributed by atoms with van der Waals surface area (Å²) in [5.41, 5.74) is 0.690. The number of hydrogen-bond donors (Lipinski definition) is 3. The molecule has 2 amide bonds. The average molecular weight is 374 g/mol. The van der Waals surface area contributed by atoms with Gasteiger partial charge in [0.25, 0.3) is 0 Å². The van der Waals surface area contributed by atoms with Crippen molar-refractivity contribution in [3.63, 3.8) is 0 Å². The maximum Gasteiger partial charge on any atom is 0.238 e. The highest BCUT2D eigenvalue weighted by Gasteiger charge is 2.25. The van der Waals surface area contributed by atoms with Gasteiger partial charge in [0.15, 0.2) is 0 Å². The zero-order chi connectivity index (χ0) is 19.1. The third-order valence-electron chi connectivity index (χ3n) is 5.29. The number of para-hydroxylation sites is 2. The lowest BCUT2D eigenvalue weighted by molar-refractivity contribution is -0.123. The number of carbonyl (C=O) groups is 2. The van der Waals surface area contributed by atoms with Crippen molar-refractivity contribution >= 4 is 17.5 Å². The Kier molecular flexibility index (Phi) is 7.06. The fraction of sp³-hybridized carbons (Fsp3) is 0.600. The Bertz CT molecular complexity index is 646. The second-order valence-electron chi connectivity index (χ2n) is 7.39. The number of benzene rings is 1. The van der Waals surface area contributed by atoms with Crippen LogP contribution in [-0.2, 0) is 9.59 Å². The first-order chi connectivity index (χ1) is 13.2. The zero-order valence-electron chi connectivity index (χ0n) is 16.0. The molecule has 0 aliphatic carbocycles. The molecule has 0 saturated carbocycles. The summed E-state index contributed by atoms with van der Waals surface area (Å²) in [6, 6.07) is 7.38. The summed E-state index contributed by atoms with van der Waals surface area (Å²) in [6.07, 6.45) is 4.12. The number of carbonyl (C=O) groups excluding carboxylic acids is 2. The first-order valence-corrected chi connectivity index (χ1v) is 9.82. The maximum absolute atomic E-state index is 12.4. The monoisotopic (exact) mass is 374 g/mol. The van der Waals surface area contributed by atoms with Crippen LogP contribution < -0.4 is 20.7 Å². The molecule has 2 aliphatic heterocycles. The quantitative estimate of drug-likeness (QED) is 0.668. The van der Waals surface area contributed by atoms with Crippen molar-refractivity contribution in [2.75, 3.05) is 45.2 Å². The summed E-state index contributed by atoms with van der Waals surface area (Å²) in [5.74, 6) is 1.12. The van der Waals surface area contributed by atoms with Gasteiger partial charge in [-0.05, 0) is 56.8 Å². The first kappa shape index (κ1) is 19.6. The molecule has 2 fully saturated rings. The molecule has 2 atom stereocenters.